The number of aromatic nitrogens is 2. The molecule has 1 amide bonds. The lowest BCUT2D eigenvalue weighted by atomic mass is 10.2. The average molecular weight is 341 g/mol. The van der Waals surface area contributed by atoms with Crippen molar-refractivity contribution < 1.29 is 9.53 Å². The fraction of sp³-hybridized carbons (Fsp3) is 0.389. The average Bonchev–Trinajstić information content (AvgIpc) is 2.67. The Balaban J connectivity index is 1.61. The molecule has 3 rings (SSSR count). The molecular formula is C18H23N5O2. The number of nitrogens with zero attached hydrogens (tertiary/aromatic N) is 4. The fourth-order valence-electron chi connectivity index (χ4n) is 2.66. The van der Waals surface area contributed by atoms with Gasteiger partial charge in [0.2, 0.25) is 5.95 Å². The second kappa shape index (κ2) is 7.94. The number of amides is 1. The van der Waals surface area contributed by atoms with Gasteiger partial charge in [0.25, 0.3) is 5.91 Å². The molecule has 0 unspecified atom stereocenters. The molecule has 132 valence electrons. The summed E-state index contributed by atoms with van der Waals surface area (Å²) in [5.74, 6) is 1.23. The molecule has 1 fully saturated rings. The van der Waals surface area contributed by atoms with Gasteiger partial charge in [-0.05, 0) is 30.8 Å². The summed E-state index contributed by atoms with van der Waals surface area (Å²) >= 11 is 0. The van der Waals surface area contributed by atoms with Crippen LogP contribution in [0, 0.1) is 0 Å². The van der Waals surface area contributed by atoms with Crippen LogP contribution in [-0.4, -0.2) is 66.0 Å². The number of nitrogens with one attached hydrogen (secondary N) is 1. The Morgan fingerprint density at radius 3 is 2.56 bits per heavy atom. The van der Waals surface area contributed by atoms with Gasteiger partial charge in [-0.3, -0.25) is 4.79 Å². The molecule has 0 radical (unpaired) electrons. The van der Waals surface area contributed by atoms with Gasteiger partial charge in [0.05, 0.1) is 7.11 Å². The van der Waals surface area contributed by atoms with Crippen molar-refractivity contribution in [1.82, 2.24) is 19.8 Å². The highest BCUT2D eigenvalue weighted by atomic mass is 16.5. The van der Waals surface area contributed by atoms with Gasteiger partial charge >= 0.3 is 0 Å². The van der Waals surface area contributed by atoms with Crippen molar-refractivity contribution in [3.05, 3.63) is 47.8 Å². The molecule has 1 aromatic carbocycles. The predicted octanol–water partition coefficient (Wildman–Crippen LogP) is 1.48. The molecule has 0 spiro atoms. The number of likely N-dealkylation sites (N-methyl/N-ethyl adjacent to an activating group) is 1. The number of carbonyl (C=O) groups is 1. The van der Waals surface area contributed by atoms with Crippen LogP contribution in [0.15, 0.2) is 36.5 Å². The van der Waals surface area contributed by atoms with E-state index in [2.05, 4.69) is 27.2 Å². The van der Waals surface area contributed by atoms with E-state index in [1.54, 1.807) is 19.4 Å². The van der Waals surface area contributed by atoms with E-state index in [1.807, 2.05) is 29.2 Å². The number of benzene rings is 1. The summed E-state index contributed by atoms with van der Waals surface area (Å²) in [6.07, 6.45) is 1.62. The number of hydrogen-bond donors (Lipinski definition) is 1. The van der Waals surface area contributed by atoms with Crippen molar-refractivity contribution in [2.24, 2.45) is 0 Å². The van der Waals surface area contributed by atoms with Gasteiger partial charge < -0.3 is 19.9 Å². The molecule has 2 aromatic rings. The first-order chi connectivity index (χ1) is 12.2. The minimum absolute atomic E-state index is 0.0389. The topological polar surface area (TPSA) is 70.6 Å². The lowest BCUT2D eigenvalue weighted by molar-refractivity contribution is 0.0658. The number of methoxy groups -OCH3 is 1. The molecule has 0 aliphatic carbocycles. The van der Waals surface area contributed by atoms with Gasteiger partial charge in [-0.15, -0.1) is 0 Å². The van der Waals surface area contributed by atoms with Gasteiger partial charge in [-0.1, -0.05) is 12.1 Å². The largest absolute Gasteiger partial charge is 0.497 e. The Morgan fingerprint density at radius 2 is 1.88 bits per heavy atom. The minimum atomic E-state index is -0.0389. The molecule has 0 bridgehead atoms. The van der Waals surface area contributed by atoms with E-state index in [1.165, 1.54) is 0 Å². The monoisotopic (exact) mass is 341 g/mol. The first kappa shape index (κ1) is 17.2. The molecule has 1 saturated heterocycles. The second-order valence-electron chi connectivity index (χ2n) is 6.06. The quantitative estimate of drug-likeness (QED) is 0.888. The second-order valence-corrected chi connectivity index (χ2v) is 6.06. The molecule has 0 saturated carbocycles. The number of ether oxygens (including phenoxy) is 1. The highest BCUT2D eigenvalue weighted by molar-refractivity contribution is 5.92. The van der Waals surface area contributed by atoms with E-state index in [9.17, 15) is 4.79 Å². The molecule has 0 atom stereocenters. The van der Waals surface area contributed by atoms with Crippen LogP contribution in [0.1, 0.15) is 16.1 Å². The van der Waals surface area contributed by atoms with Crippen molar-refractivity contribution in [1.29, 1.82) is 0 Å². The summed E-state index contributed by atoms with van der Waals surface area (Å²) < 4.78 is 5.15. The normalized spacial score (nSPS) is 15.0. The van der Waals surface area contributed by atoms with Crippen LogP contribution in [0.25, 0.3) is 0 Å². The zero-order chi connectivity index (χ0) is 17.6. The molecule has 1 aliphatic heterocycles. The number of carbonyl (C=O) groups excluding carboxylic acids is 1. The Kier molecular flexibility index (Phi) is 5.45. The van der Waals surface area contributed by atoms with E-state index in [0.29, 0.717) is 18.2 Å². The summed E-state index contributed by atoms with van der Waals surface area (Å²) in [6, 6.07) is 9.44. The van der Waals surface area contributed by atoms with Gasteiger partial charge in [0, 0.05) is 38.9 Å². The number of rotatable bonds is 5. The summed E-state index contributed by atoms with van der Waals surface area (Å²) in [7, 11) is 3.71. The number of hydrogen-bond acceptors (Lipinski definition) is 6. The third kappa shape index (κ3) is 4.45. The zero-order valence-electron chi connectivity index (χ0n) is 14.6. The Hall–Kier alpha value is -2.67. The van der Waals surface area contributed by atoms with Crippen LogP contribution < -0.4 is 10.1 Å². The Labute approximate surface area is 147 Å². The maximum Gasteiger partial charge on any atom is 0.272 e. The zero-order valence-corrected chi connectivity index (χ0v) is 14.6. The third-order valence-corrected chi connectivity index (χ3v) is 4.27. The lowest BCUT2D eigenvalue weighted by Crippen LogP contribution is -2.47. The van der Waals surface area contributed by atoms with Crippen molar-refractivity contribution in [2.45, 2.75) is 6.54 Å². The highest BCUT2D eigenvalue weighted by Crippen LogP contribution is 2.13. The standard InChI is InChI=1S/C18H23N5O2/c1-22-9-11-23(12-10-22)17(24)16-7-8-19-18(21-16)20-13-14-3-5-15(25-2)6-4-14/h3-8H,9-13H2,1-2H3,(H,19,20,21). The first-order valence-corrected chi connectivity index (χ1v) is 8.33. The van der Waals surface area contributed by atoms with E-state index in [4.69, 9.17) is 4.74 Å². The van der Waals surface area contributed by atoms with Gasteiger partial charge in [0.1, 0.15) is 11.4 Å². The smallest absolute Gasteiger partial charge is 0.272 e. The summed E-state index contributed by atoms with van der Waals surface area (Å²) in [5, 5.41) is 3.16. The van der Waals surface area contributed by atoms with Crippen molar-refractivity contribution in [2.75, 3.05) is 45.7 Å². The molecule has 2 heterocycles. The molecular weight excluding hydrogens is 318 g/mol. The molecule has 25 heavy (non-hydrogen) atoms. The first-order valence-electron chi connectivity index (χ1n) is 8.33. The lowest BCUT2D eigenvalue weighted by Gasteiger charge is -2.32. The van der Waals surface area contributed by atoms with E-state index >= 15 is 0 Å². The van der Waals surface area contributed by atoms with Crippen LogP contribution in [0.4, 0.5) is 5.95 Å². The van der Waals surface area contributed by atoms with Crippen molar-refractivity contribution >= 4 is 11.9 Å². The molecule has 7 nitrogen and oxygen atoms in total. The third-order valence-electron chi connectivity index (χ3n) is 4.27. The summed E-state index contributed by atoms with van der Waals surface area (Å²) in [4.78, 5) is 25.2. The Morgan fingerprint density at radius 1 is 1.16 bits per heavy atom. The van der Waals surface area contributed by atoms with Gasteiger partial charge in [-0.2, -0.15) is 0 Å². The van der Waals surface area contributed by atoms with Gasteiger partial charge in [-0.25, -0.2) is 9.97 Å². The van der Waals surface area contributed by atoms with E-state index in [0.717, 1.165) is 37.5 Å². The predicted molar refractivity (Wildman–Crippen MR) is 95.8 cm³/mol. The number of anilines is 1. The molecule has 1 N–H and O–H groups in total. The van der Waals surface area contributed by atoms with Crippen LogP contribution >= 0.6 is 0 Å². The Bertz CT molecular complexity index is 712. The fourth-order valence-corrected chi connectivity index (χ4v) is 2.66. The maximum atomic E-state index is 12.6. The maximum absolute atomic E-state index is 12.6. The van der Waals surface area contributed by atoms with Crippen LogP contribution in [0.3, 0.4) is 0 Å². The van der Waals surface area contributed by atoms with Crippen molar-refractivity contribution in [3.8, 4) is 5.75 Å². The van der Waals surface area contributed by atoms with Crippen LogP contribution in [0.5, 0.6) is 5.75 Å². The molecule has 1 aromatic heterocycles. The molecule has 1 aliphatic rings. The van der Waals surface area contributed by atoms with E-state index < -0.39 is 0 Å². The molecule has 7 heteroatoms. The van der Waals surface area contributed by atoms with Crippen molar-refractivity contribution in [3.63, 3.8) is 0 Å². The minimum Gasteiger partial charge on any atom is -0.497 e. The van der Waals surface area contributed by atoms with E-state index in [-0.39, 0.29) is 5.91 Å². The summed E-state index contributed by atoms with van der Waals surface area (Å²) in [5.41, 5.74) is 1.51. The highest BCUT2D eigenvalue weighted by Gasteiger charge is 2.21. The summed E-state index contributed by atoms with van der Waals surface area (Å²) in [6.45, 7) is 3.82. The SMILES string of the molecule is COc1ccc(CNc2nccc(C(=O)N3CCN(C)CC3)n2)cc1. The van der Waals surface area contributed by atoms with Gasteiger partial charge in [0.15, 0.2) is 0 Å². The van der Waals surface area contributed by atoms with Crippen LogP contribution in [0.2, 0.25) is 0 Å². The number of piperazine rings is 1. The van der Waals surface area contributed by atoms with Crippen LogP contribution in [-0.2, 0) is 6.54 Å².